The molecule has 3 N–H and O–H groups in total. The standard InChI is InChI=1S/C12H13F3N3O2/c1-10(2)17-11(9(16)19,18-20-10)7-4-3-5-8(6-7)12(13,14)15/h3-6,18H,1-2H3,(H2,16,19). The molecule has 1 heterocycles. The highest BCUT2D eigenvalue weighted by atomic mass is 19.4. The van der Waals surface area contributed by atoms with Crippen LogP contribution in [-0.2, 0) is 21.5 Å². The summed E-state index contributed by atoms with van der Waals surface area (Å²) >= 11 is 0. The maximum atomic E-state index is 12.7. The van der Waals surface area contributed by atoms with Crippen molar-refractivity contribution in [1.29, 1.82) is 0 Å². The highest BCUT2D eigenvalue weighted by Gasteiger charge is 2.52. The van der Waals surface area contributed by atoms with E-state index < -0.39 is 29.0 Å². The summed E-state index contributed by atoms with van der Waals surface area (Å²) < 4.78 is 38.2. The zero-order valence-corrected chi connectivity index (χ0v) is 10.8. The molecule has 1 unspecified atom stereocenters. The van der Waals surface area contributed by atoms with E-state index in [1.165, 1.54) is 12.1 Å². The number of hydrogen-bond acceptors (Lipinski definition) is 3. The smallest absolute Gasteiger partial charge is 0.366 e. The fourth-order valence-electron chi connectivity index (χ4n) is 1.94. The minimum atomic E-state index is -4.52. The zero-order valence-electron chi connectivity index (χ0n) is 10.8. The lowest BCUT2D eigenvalue weighted by Gasteiger charge is -2.25. The summed E-state index contributed by atoms with van der Waals surface area (Å²) in [7, 11) is 0. The molecule has 1 radical (unpaired) electrons. The summed E-state index contributed by atoms with van der Waals surface area (Å²) in [5, 5.41) is 4.07. The van der Waals surface area contributed by atoms with E-state index >= 15 is 0 Å². The summed E-state index contributed by atoms with van der Waals surface area (Å²) in [6, 6.07) is 4.25. The van der Waals surface area contributed by atoms with Gasteiger partial charge >= 0.3 is 6.18 Å². The van der Waals surface area contributed by atoms with Crippen molar-refractivity contribution in [3.05, 3.63) is 35.4 Å². The van der Waals surface area contributed by atoms with E-state index in [0.717, 1.165) is 12.1 Å². The molecule has 0 spiro atoms. The first-order valence-electron chi connectivity index (χ1n) is 5.74. The lowest BCUT2D eigenvalue weighted by atomic mass is 9.96. The number of benzene rings is 1. The van der Waals surface area contributed by atoms with Crippen molar-refractivity contribution in [2.24, 2.45) is 5.73 Å². The van der Waals surface area contributed by atoms with Gasteiger partial charge in [-0.3, -0.25) is 9.63 Å². The normalized spacial score (nSPS) is 25.6. The molecule has 0 saturated carbocycles. The molecule has 1 fully saturated rings. The van der Waals surface area contributed by atoms with Crippen LogP contribution in [0.15, 0.2) is 24.3 Å². The van der Waals surface area contributed by atoms with Crippen molar-refractivity contribution in [1.82, 2.24) is 10.8 Å². The number of primary amides is 1. The van der Waals surface area contributed by atoms with E-state index in [1.54, 1.807) is 13.8 Å². The van der Waals surface area contributed by atoms with Crippen molar-refractivity contribution >= 4 is 5.91 Å². The number of nitrogens with zero attached hydrogens (tertiary/aromatic N) is 1. The Balaban J connectivity index is 2.50. The van der Waals surface area contributed by atoms with E-state index in [1.807, 2.05) is 0 Å². The van der Waals surface area contributed by atoms with Gasteiger partial charge in [-0.15, -0.1) is 0 Å². The molecule has 5 nitrogen and oxygen atoms in total. The van der Waals surface area contributed by atoms with Gasteiger partial charge in [0, 0.05) is 5.56 Å². The van der Waals surface area contributed by atoms with Gasteiger partial charge in [0.15, 0.2) is 5.72 Å². The van der Waals surface area contributed by atoms with Crippen LogP contribution in [0.2, 0.25) is 0 Å². The first-order chi connectivity index (χ1) is 9.07. The van der Waals surface area contributed by atoms with Crippen LogP contribution >= 0.6 is 0 Å². The van der Waals surface area contributed by atoms with E-state index in [4.69, 9.17) is 10.6 Å². The van der Waals surface area contributed by atoms with Gasteiger partial charge in [-0.05, 0) is 26.0 Å². The first-order valence-corrected chi connectivity index (χ1v) is 5.74. The van der Waals surface area contributed by atoms with Crippen molar-refractivity contribution in [2.45, 2.75) is 31.4 Å². The number of alkyl halides is 3. The SMILES string of the molecule is CC1(C)[N]C(C(N)=O)(c2cccc(C(F)(F)F)c2)NO1. The Morgan fingerprint density at radius 2 is 2.05 bits per heavy atom. The van der Waals surface area contributed by atoms with Gasteiger partial charge in [0.25, 0.3) is 5.91 Å². The van der Waals surface area contributed by atoms with Crippen LogP contribution in [0.3, 0.4) is 0 Å². The average Bonchev–Trinajstić information content (AvgIpc) is 2.66. The maximum absolute atomic E-state index is 12.7. The molecular weight excluding hydrogens is 275 g/mol. The van der Waals surface area contributed by atoms with Gasteiger partial charge in [-0.1, -0.05) is 12.1 Å². The Kier molecular flexibility index (Phi) is 3.28. The molecule has 0 bridgehead atoms. The second-order valence-corrected chi connectivity index (χ2v) is 4.92. The minimum absolute atomic E-state index is 0.0228. The van der Waals surface area contributed by atoms with Gasteiger partial charge in [-0.2, -0.15) is 24.0 Å². The second kappa shape index (κ2) is 4.44. The number of rotatable bonds is 2. The van der Waals surface area contributed by atoms with Crippen LogP contribution in [0.1, 0.15) is 25.0 Å². The Morgan fingerprint density at radius 3 is 2.50 bits per heavy atom. The summed E-state index contributed by atoms with van der Waals surface area (Å²) in [4.78, 5) is 16.8. The monoisotopic (exact) mass is 288 g/mol. The largest absolute Gasteiger partial charge is 0.416 e. The molecule has 109 valence electrons. The molecule has 20 heavy (non-hydrogen) atoms. The number of nitrogens with two attached hydrogens (primary N) is 1. The van der Waals surface area contributed by atoms with Crippen LogP contribution in [0.4, 0.5) is 13.2 Å². The maximum Gasteiger partial charge on any atom is 0.416 e. The number of carbonyl (C=O) groups excluding carboxylic acids is 1. The Bertz CT molecular complexity index is 545. The third-order valence-electron chi connectivity index (χ3n) is 2.85. The fraction of sp³-hybridized carbons (Fsp3) is 0.417. The summed E-state index contributed by atoms with van der Waals surface area (Å²) in [6.45, 7) is 3.11. The predicted molar refractivity (Wildman–Crippen MR) is 62.8 cm³/mol. The summed E-state index contributed by atoms with van der Waals surface area (Å²) in [5.74, 6) is -0.942. The number of nitrogens with one attached hydrogen (secondary N) is 1. The van der Waals surface area contributed by atoms with Gasteiger partial charge < -0.3 is 5.73 Å². The zero-order chi connectivity index (χ0) is 15.2. The number of amides is 1. The van der Waals surface area contributed by atoms with Crippen LogP contribution in [0.25, 0.3) is 0 Å². The van der Waals surface area contributed by atoms with Crippen LogP contribution in [0.5, 0.6) is 0 Å². The molecule has 1 aromatic rings. The number of carbonyl (C=O) groups is 1. The number of hydrogen-bond donors (Lipinski definition) is 2. The molecule has 8 heteroatoms. The van der Waals surface area contributed by atoms with Gasteiger partial charge in [0.2, 0.25) is 5.66 Å². The molecule has 1 aromatic carbocycles. The Labute approximate surface area is 113 Å². The molecule has 1 atom stereocenters. The molecule has 1 amide bonds. The first kappa shape index (κ1) is 14.8. The molecule has 0 aliphatic carbocycles. The highest BCUT2D eigenvalue weighted by molar-refractivity contribution is 5.86. The van der Waals surface area contributed by atoms with E-state index in [9.17, 15) is 18.0 Å². The van der Waals surface area contributed by atoms with Crippen molar-refractivity contribution < 1.29 is 22.8 Å². The molecule has 0 aromatic heterocycles. The predicted octanol–water partition coefficient (Wildman–Crippen LogP) is 1.22. The third kappa shape index (κ3) is 2.49. The lowest BCUT2D eigenvalue weighted by molar-refractivity contribution is -0.138. The third-order valence-corrected chi connectivity index (χ3v) is 2.85. The Morgan fingerprint density at radius 1 is 1.40 bits per heavy atom. The fourth-order valence-corrected chi connectivity index (χ4v) is 1.94. The average molecular weight is 288 g/mol. The topological polar surface area (TPSA) is 78.5 Å². The van der Waals surface area contributed by atoms with Gasteiger partial charge in [0.1, 0.15) is 0 Å². The molecule has 1 saturated heterocycles. The number of halogens is 3. The molecule has 1 aliphatic heterocycles. The van der Waals surface area contributed by atoms with Crippen molar-refractivity contribution in [3.63, 3.8) is 0 Å². The van der Waals surface area contributed by atoms with Crippen LogP contribution < -0.4 is 16.5 Å². The van der Waals surface area contributed by atoms with E-state index in [0.29, 0.717) is 0 Å². The molecular formula is C12H13F3N3O2. The summed E-state index contributed by atoms with van der Waals surface area (Å²) in [5.41, 5.74) is 3.81. The van der Waals surface area contributed by atoms with Crippen molar-refractivity contribution in [3.8, 4) is 0 Å². The van der Waals surface area contributed by atoms with Crippen molar-refractivity contribution in [2.75, 3.05) is 0 Å². The van der Waals surface area contributed by atoms with E-state index in [-0.39, 0.29) is 5.56 Å². The lowest BCUT2D eigenvalue weighted by Crippen LogP contribution is -2.54. The minimum Gasteiger partial charge on any atom is -0.366 e. The highest BCUT2D eigenvalue weighted by Crippen LogP contribution is 2.34. The molecule has 1 aliphatic rings. The number of hydroxylamine groups is 1. The second-order valence-electron chi connectivity index (χ2n) is 4.92. The van der Waals surface area contributed by atoms with Gasteiger partial charge in [-0.25, -0.2) is 0 Å². The van der Waals surface area contributed by atoms with Crippen LogP contribution in [0, 0.1) is 0 Å². The van der Waals surface area contributed by atoms with Crippen LogP contribution in [-0.4, -0.2) is 11.6 Å². The van der Waals surface area contributed by atoms with Gasteiger partial charge in [0.05, 0.1) is 5.56 Å². The summed E-state index contributed by atoms with van der Waals surface area (Å²) in [6.07, 6.45) is -4.52. The quantitative estimate of drug-likeness (QED) is 0.859. The Hall–Kier alpha value is -1.64. The molecule has 2 rings (SSSR count). The van der Waals surface area contributed by atoms with E-state index in [2.05, 4.69) is 10.8 Å².